The Labute approximate surface area is 160 Å². The molecule has 0 bridgehead atoms. The summed E-state index contributed by atoms with van der Waals surface area (Å²) in [7, 11) is 0.490. The summed E-state index contributed by atoms with van der Waals surface area (Å²) in [4.78, 5) is 13.0. The van der Waals surface area contributed by atoms with Crippen molar-refractivity contribution >= 4 is 32.3 Å². The molecule has 1 unspecified atom stereocenters. The Bertz CT molecular complexity index is 894. The summed E-state index contributed by atoms with van der Waals surface area (Å²) >= 11 is 0. The molecule has 7 heteroatoms. The van der Waals surface area contributed by atoms with Gasteiger partial charge in [-0.05, 0) is 25.0 Å². The molecule has 0 aliphatic rings. The molecule has 0 aromatic heterocycles. The topological polar surface area (TPSA) is 101 Å². The second-order valence-corrected chi connectivity index (χ2v) is 9.07. The normalized spacial score (nSPS) is 12.9. The smallest absolute Gasteiger partial charge is 0.320 e. The standard InChI is InChI=1S/C20H28N2O4S/c1-22(2)18-12-7-10-16-15(18)9-8-13-19(16)27(25,26)14-6-4-3-5-11-17(21)20(23)24/h7-10,12-13,17H,3-6,11,14,21H2,1-2H3,(H,23,24). The Kier molecular flexibility index (Phi) is 7.21. The molecule has 0 saturated carbocycles. The fraction of sp³-hybridized carbons (Fsp3) is 0.450. The highest BCUT2D eigenvalue weighted by Crippen LogP contribution is 2.31. The maximum absolute atomic E-state index is 12.8. The van der Waals surface area contributed by atoms with Crippen LogP contribution < -0.4 is 10.6 Å². The predicted molar refractivity (Wildman–Crippen MR) is 109 cm³/mol. The molecule has 27 heavy (non-hydrogen) atoms. The molecule has 2 aromatic carbocycles. The summed E-state index contributed by atoms with van der Waals surface area (Å²) in [5.74, 6) is -0.908. The summed E-state index contributed by atoms with van der Waals surface area (Å²) in [5, 5.41) is 10.4. The summed E-state index contributed by atoms with van der Waals surface area (Å²) in [5.41, 5.74) is 6.45. The summed E-state index contributed by atoms with van der Waals surface area (Å²) in [6.45, 7) is 0. The average Bonchev–Trinajstić information content (AvgIpc) is 2.62. The largest absolute Gasteiger partial charge is 0.480 e. The van der Waals surface area contributed by atoms with Gasteiger partial charge in [-0.2, -0.15) is 0 Å². The van der Waals surface area contributed by atoms with E-state index in [1.165, 1.54) is 0 Å². The number of benzene rings is 2. The lowest BCUT2D eigenvalue weighted by Gasteiger charge is -2.17. The van der Waals surface area contributed by atoms with Gasteiger partial charge in [-0.15, -0.1) is 0 Å². The van der Waals surface area contributed by atoms with Crippen LogP contribution >= 0.6 is 0 Å². The molecular weight excluding hydrogens is 364 g/mol. The minimum Gasteiger partial charge on any atom is -0.480 e. The van der Waals surface area contributed by atoms with E-state index in [2.05, 4.69) is 0 Å². The van der Waals surface area contributed by atoms with Crippen molar-refractivity contribution in [3.05, 3.63) is 36.4 Å². The van der Waals surface area contributed by atoms with E-state index < -0.39 is 21.8 Å². The molecule has 0 saturated heterocycles. The van der Waals surface area contributed by atoms with Crippen LogP contribution in [0.1, 0.15) is 32.1 Å². The molecule has 0 aliphatic carbocycles. The fourth-order valence-corrected chi connectivity index (χ4v) is 4.77. The van der Waals surface area contributed by atoms with Crippen molar-refractivity contribution in [2.24, 2.45) is 5.73 Å². The second kappa shape index (κ2) is 9.19. The first-order chi connectivity index (χ1) is 12.7. The molecule has 1 atom stereocenters. The van der Waals surface area contributed by atoms with E-state index in [9.17, 15) is 13.2 Å². The van der Waals surface area contributed by atoms with Crippen LogP contribution in [0, 0.1) is 0 Å². The van der Waals surface area contributed by atoms with Gasteiger partial charge in [0.2, 0.25) is 0 Å². The zero-order valence-corrected chi connectivity index (χ0v) is 16.7. The average molecular weight is 393 g/mol. The molecule has 0 radical (unpaired) electrons. The van der Waals surface area contributed by atoms with E-state index in [1.807, 2.05) is 43.3 Å². The Morgan fingerprint density at radius 2 is 1.67 bits per heavy atom. The number of fused-ring (bicyclic) bond motifs is 1. The van der Waals surface area contributed by atoms with Crippen molar-refractivity contribution in [3.63, 3.8) is 0 Å². The molecular formula is C20H28N2O4S. The number of carbonyl (C=O) groups is 1. The zero-order chi connectivity index (χ0) is 20.0. The van der Waals surface area contributed by atoms with E-state index >= 15 is 0 Å². The highest BCUT2D eigenvalue weighted by atomic mass is 32.2. The van der Waals surface area contributed by atoms with Gasteiger partial charge in [0.15, 0.2) is 9.84 Å². The minimum absolute atomic E-state index is 0.0866. The van der Waals surface area contributed by atoms with Crippen molar-refractivity contribution in [2.45, 2.75) is 43.0 Å². The number of nitrogens with zero attached hydrogens (tertiary/aromatic N) is 1. The molecule has 0 heterocycles. The maximum atomic E-state index is 12.8. The molecule has 0 spiro atoms. The monoisotopic (exact) mass is 392 g/mol. The molecule has 2 rings (SSSR count). The number of hydrogen-bond donors (Lipinski definition) is 2. The number of nitrogens with two attached hydrogens (primary N) is 1. The van der Waals surface area contributed by atoms with E-state index in [0.29, 0.717) is 24.2 Å². The van der Waals surface area contributed by atoms with Gasteiger partial charge in [0.25, 0.3) is 0 Å². The van der Waals surface area contributed by atoms with Gasteiger partial charge in [-0.1, -0.05) is 43.5 Å². The highest BCUT2D eigenvalue weighted by molar-refractivity contribution is 7.91. The molecule has 0 amide bonds. The molecule has 2 aromatic rings. The molecule has 6 nitrogen and oxygen atoms in total. The Morgan fingerprint density at radius 1 is 1.04 bits per heavy atom. The van der Waals surface area contributed by atoms with Crippen LogP contribution in [-0.4, -0.2) is 45.4 Å². The minimum atomic E-state index is -3.38. The van der Waals surface area contributed by atoms with Crippen LogP contribution in [0.3, 0.4) is 0 Å². The third-order valence-corrected chi connectivity index (χ3v) is 6.52. The Balaban J connectivity index is 2.03. The lowest BCUT2D eigenvalue weighted by Crippen LogP contribution is -2.29. The van der Waals surface area contributed by atoms with Crippen LogP contribution in [0.4, 0.5) is 5.69 Å². The van der Waals surface area contributed by atoms with Crippen LogP contribution in [0.15, 0.2) is 41.3 Å². The van der Waals surface area contributed by atoms with Gasteiger partial charge in [0.1, 0.15) is 6.04 Å². The SMILES string of the molecule is CN(C)c1cccc2c(S(=O)(=O)CCCCCCC(N)C(=O)O)cccc12. The van der Waals surface area contributed by atoms with Crippen molar-refractivity contribution in [1.29, 1.82) is 0 Å². The first-order valence-electron chi connectivity index (χ1n) is 9.14. The van der Waals surface area contributed by atoms with Crippen LogP contribution in [0.25, 0.3) is 10.8 Å². The Hall–Kier alpha value is -2.12. The third-order valence-electron chi connectivity index (χ3n) is 4.67. The van der Waals surface area contributed by atoms with Crippen LogP contribution in [-0.2, 0) is 14.6 Å². The first-order valence-corrected chi connectivity index (χ1v) is 10.8. The van der Waals surface area contributed by atoms with E-state index in [-0.39, 0.29) is 5.75 Å². The molecule has 3 N–H and O–H groups in total. The van der Waals surface area contributed by atoms with Gasteiger partial charge >= 0.3 is 5.97 Å². The number of carboxylic acids is 1. The quantitative estimate of drug-likeness (QED) is 0.603. The number of aliphatic carboxylic acids is 1. The van der Waals surface area contributed by atoms with Crippen LogP contribution in [0.2, 0.25) is 0 Å². The van der Waals surface area contributed by atoms with Gasteiger partial charge in [-0.25, -0.2) is 8.42 Å². The van der Waals surface area contributed by atoms with Crippen LogP contribution in [0.5, 0.6) is 0 Å². The fourth-order valence-electron chi connectivity index (χ4n) is 3.17. The van der Waals surface area contributed by atoms with Gasteiger partial charge in [0.05, 0.1) is 10.6 Å². The van der Waals surface area contributed by atoms with E-state index in [0.717, 1.165) is 29.3 Å². The lowest BCUT2D eigenvalue weighted by atomic mass is 10.1. The van der Waals surface area contributed by atoms with Crippen molar-refractivity contribution < 1.29 is 18.3 Å². The third kappa shape index (κ3) is 5.43. The van der Waals surface area contributed by atoms with Gasteiger partial charge < -0.3 is 15.7 Å². The number of unbranched alkanes of at least 4 members (excludes halogenated alkanes) is 3. The summed E-state index contributed by atoms with van der Waals surface area (Å²) in [6, 6.07) is 10.3. The predicted octanol–water partition coefficient (Wildman–Crippen LogP) is 3.04. The van der Waals surface area contributed by atoms with Gasteiger partial charge in [0, 0.05) is 30.6 Å². The van der Waals surface area contributed by atoms with Gasteiger partial charge in [-0.3, -0.25) is 4.79 Å². The first kappa shape index (κ1) is 21.2. The van der Waals surface area contributed by atoms with Crippen molar-refractivity contribution in [1.82, 2.24) is 0 Å². The highest BCUT2D eigenvalue weighted by Gasteiger charge is 2.18. The number of carboxylic acid groups (broad SMARTS) is 1. The number of rotatable bonds is 10. The van der Waals surface area contributed by atoms with E-state index in [4.69, 9.17) is 10.8 Å². The summed E-state index contributed by atoms with van der Waals surface area (Å²) in [6.07, 6.45) is 3.16. The lowest BCUT2D eigenvalue weighted by molar-refractivity contribution is -0.138. The number of anilines is 1. The maximum Gasteiger partial charge on any atom is 0.320 e. The van der Waals surface area contributed by atoms with E-state index in [1.54, 1.807) is 12.1 Å². The van der Waals surface area contributed by atoms with Crippen molar-refractivity contribution in [2.75, 3.05) is 24.7 Å². The number of sulfone groups is 1. The zero-order valence-electron chi connectivity index (χ0n) is 15.9. The summed E-state index contributed by atoms with van der Waals surface area (Å²) < 4.78 is 25.7. The molecule has 0 aliphatic heterocycles. The second-order valence-electron chi connectivity index (χ2n) is 6.99. The Morgan fingerprint density at radius 3 is 2.33 bits per heavy atom. The number of hydrogen-bond acceptors (Lipinski definition) is 5. The van der Waals surface area contributed by atoms with Crippen molar-refractivity contribution in [3.8, 4) is 0 Å². The molecule has 148 valence electrons. The molecule has 0 fully saturated rings.